The Bertz CT molecular complexity index is 252. The quantitative estimate of drug-likeness (QED) is 0.450. The van der Waals surface area contributed by atoms with E-state index < -0.39 is 0 Å². The molecule has 3 fully saturated rings. The molecule has 0 aliphatic carbocycles. The fourth-order valence-electron chi connectivity index (χ4n) is 2.95. The van der Waals surface area contributed by atoms with E-state index in [2.05, 4.69) is 0 Å². The summed E-state index contributed by atoms with van der Waals surface area (Å²) in [4.78, 5) is 11.5. The molecule has 0 amide bonds. The SMILES string of the molecule is CCOC(=O)C[N+]12CCC(CC1)C(O)C2.[Br-]. The molecule has 0 spiro atoms. The fraction of sp³-hybridized carbons (Fsp3) is 0.909. The highest BCUT2D eigenvalue weighted by Gasteiger charge is 2.46. The van der Waals surface area contributed by atoms with Crippen LogP contribution in [0.1, 0.15) is 19.8 Å². The molecule has 3 rings (SSSR count). The summed E-state index contributed by atoms with van der Waals surface area (Å²) >= 11 is 0. The fourth-order valence-corrected chi connectivity index (χ4v) is 2.95. The van der Waals surface area contributed by atoms with Crippen LogP contribution in [0.3, 0.4) is 0 Å². The van der Waals surface area contributed by atoms with Crippen molar-refractivity contribution in [3.8, 4) is 0 Å². The molecule has 2 bridgehead atoms. The first-order chi connectivity index (χ1) is 7.15. The molecule has 1 atom stereocenters. The molecule has 4 nitrogen and oxygen atoms in total. The van der Waals surface area contributed by atoms with E-state index in [-0.39, 0.29) is 29.1 Å². The molecule has 16 heavy (non-hydrogen) atoms. The maximum Gasteiger partial charge on any atom is 0.361 e. The van der Waals surface area contributed by atoms with Crippen molar-refractivity contribution in [2.75, 3.05) is 32.8 Å². The van der Waals surface area contributed by atoms with Gasteiger partial charge in [0, 0.05) is 18.8 Å². The third-order valence-corrected chi connectivity index (χ3v) is 3.84. The number of rotatable bonds is 3. The summed E-state index contributed by atoms with van der Waals surface area (Å²) in [5, 5.41) is 9.84. The van der Waals surface area contributed by atoms with Crippen LogP contribution < -0.4 is 17.0 Å². The smallest absolute Gasteiger partial charge is 0.361 e. The van der Waals surface area contributed by atoms with Gasteiger partial charge in [0.2, 0.25) is 0 Å². The minimum absolute atomic E-state index is 0. The average Bonchev–Trinajstić information content (AvgIpc) is 2.18. The molecule has 94 valence electrons. The zero-order valence-electron chi connectivity index (χ0n) is 9.69. The van der Waals surface area contributed by atoms with Crippen LogP contribution in [0.4, 0.5) is 0 Å². The van der Waals surface area contributed by atoms with E-state index in [0.29, 0.717) is 19.1 Å². The van der Waals surface area contributed by atoms with Crippen LogP contribution in [0.25, 0.3) is 0 Å². The number of carbonyl (C=O) groups excluding carboxylic acids is 1. The van der Waals surface area contributed by atoms with Gasteiger partial charge < -0.3 is 31.3 Å². The van der Waals surface area contributed by atoms with Crippen LogP contribution in [0.2, 0.25) is 0 Å². The second kappa shape index (κ2) is 5.47. The van der Waals surface area contributed by atoms with Gasteiger partial charge in [0.25, 0.3) is 0 Å². The molecule has 1 N–H and O–H groups in total. The molecule has 3 saturated heterocycles. The highest BCUT2D eigenvalue weighted by molar-refractivity contribution is 5.70. The van der Waals surface area contributed by atoms with E-state index in [1.165, 1.54) is 0 Å². The maximum atomic E-state index is 11.5. The Labute approximate surface area is 107 Å². The Hall–Kier alpha value is -0.130. The Balaban J connectivity index is 0.00000128. The molecule has 1 unspecified atom stereocenters. The lowest BCUT2D eigenvalue weighted by Crippen LogP contribution is -3.00. The molecular weight excluding hydrogens is 274 g/mol. The summed E-state index contributed by atoms with van der Waals surface area (Å²) < 4.78 is 5.73. The maximum absolute atomic E-state index is 11.5. The first kappa shape index (κ1) is 13.9. The van der Waals surface area contributed by atoms with Crippen molar-refractivity contribution in [3.05, 3.63) is 0 Å². The molecule has 3 aliphatic rings. The normalized spacial score (nSPS) is 36.6. The predicted molar refractivity (Wildman–Crippen MR) is 55.1 cm³/mol. The first-order valence-corrected chi connectivity index (χ1v) is 5.84. The molecule has 0 aromatic rings. The Kier molecular flexibility index (Phi) is 4.76. The van der Waals surface area contributed by atoms with Gasteiger partial charge in [0.05, 0.1) is 19.7 Å². The van der Waals surface area contributed by atoms with Gasteiger partial charge in [0.15, 0.2) is 6.54 Å². The monoisotopic (exact) mass is 293 g/mol. The number of esters is 1. The Morgan fingerprint density at radius 3 is 2.56 bits per heavy atom. The zero-order valence-corrected chi connectivity index (χ0v) is 11.3. The number of nitrogens with zero attached hydrogens (tertiary/aromatic N) is 1. The Morgan fingerprint density at radius 2 is 2.06 bits per heavy atom. The topological polar surface area (TPSA) is 46.5 Å². The van der Waals surface area contributed by atoms with Crippen LogP contribution in [0.15, 0.2) is 0 Å². The summed E-state index contributed by atoms with van der Waals surface area (Å²) in [7, 11) is 0. The van der Waals surface area contributed by atoms with Gasteiger partial charge in [-0.2, -0.15) is 0 Å². The van der Waals surface area contributed by atoms with Crippen LogP contribution in [0, 0.1) is 5.92 Å². The van der Waals surface area contributed by atoms with Crippen molar-refractivity contribution in [2.24, 2.45) is 5.92 Å². The molecule has 0 radical (unpaired) electrons. The molecule has 3 aliphatic heterocycles. The van der Waals surface area contributed by atoms with Gasteiger partial charge in [-0.1, -0.05) is 0 Å². The number of aliphatic hydroxyl groups excluding tert-OH is 1. The van der Waals surface area contributed by atoms with Crippen molar-refractivity contribution < 1.29 is 36.1 Å². The van der Waals surface area contributed by atoms with Gasteiger partial charge in [-0.25, -0.2) is 4.79 Å². The van der Waals surface area contributed by atoms with Gasteiger partial charge in [-0.3, -0.25) is 0 Å². The summed E-state index contributed by atoms with van der Waals surface area (Å²) in [5.74, 6) is 0.359. The summed E-state index contributed by atoms with van der Waals surface area (Å²) in [6.45, 7) is 5.52. The number of aliphatic hydroxyl groups is 1. The van der Waals surface area contributed by atoms with E-state index in [0.717, 1.165) is 37.0 Å². The molecule has 0 aromatic carbocycles. The second-order valence-electron chi connectivity index (χ2n) is 4.84. The van der Waals surface area contributed by atoms with E-state index in [1.807, 2.05) is 6.92 Å². The zero-order chi connectivity index (χ0) is 10.9. The molecule has 0 aromatic heterocycles. The van der Waals surface area contributed by atoms with Crippen molar-refractivity contribution >= 4 is 5.97 Å². The van der Waals surface area contributed by atoms with Crippen LogP contribution in [0.5, 0.6) is 0 Å². The number of carbonyl (C=O) groups is 1. The number of fused-ring (bicyclic) bond motifs is 3. The third-order valence-electron chi connectivity index (χ3n) is 3.84. The van der Waals surface area contributed by atoms with Gasteiger partial charge >= 0.3 is 5.97 Å². The van der Waals surface area contributed by atoms with Crippen molar-refractivity contribution in [3.63, 3.8) is 0 Å². The molecule has 3 heterocycles. The highest BCUT2D eigenvalue weighted by atomic mass is 79.9. The minimum Gasteiger partial charge on any atom is -1.00 e. The summed E-state index contributed by atoms with van der Waals surface area (Å²) in [6.07, 6.45) is 1.91. The molecule has 5 heteroatoms. The number of hydrogen-bond acceptors (Lipinski definition) is 3. The lowest BCUT2D eigenvalue weighted by molar-refractivity contribution is -0.939. The number of hydrogen-bond donors (Lipinski definition) is 1. The predicted octanol–water partition coefficient (Wildman–Crippen LogP) is -2.85. The van der Waals surface area contributed by atoms with Gasteiger partial charge in [-0.15, -0.1) is 0 Å². The number of piperidine rings is 3. The lowest BCUT2D eigenvalue weighted by Gasteiger charge is -2.50. The standard InChI is InChI=1S/C11H20NO3.BrH/c1-2-15-11(14)8-12-5-3-9(4-6-12)10(13)7-12;/h9-10,13H,2-8H2,1H3;1H/q+1;/p-1. The van der Waals surface area contributed by atoms with Crippen molar-refractivity contribution in [2.45, 2.75) is 25.9 Å². The number of ether oxygens (including phenoxy) is 1. The Morgan fingerprint density at radius 1 is 1.44 bits per heavy atom. The third kappa shape index (κ3) is 2.76. The molecule has 0 saturated carbocycles. The number of halogens is 1. The van der Waals surface area contributed by atoms with E-state index >= 15 is 0 Å². The summed E-state index contributed by atoms with van der Waals surface area (Å²) in [6, 6.07) is 0. The van der Waals surface area contributed by atoms with E-state index in [1.54, 1.807) is 0 Å². The molecular formula is C11H20BrNO3. The van der Waals surface area contributed by atoms with E-state index in [4.69, 9.17) is 4.74 Å². The van der Waals surface area contributed by atoms with Crippen molar-refractivity contribution in [1.82, 2.24) is 0 Å². The lowest BCUT2D eigenvalue weighted by atomic mass is 9.83. The average molecular weight is 294 g/mol. The highest BCUT2D eigenvalue weighted by Crippen LogP contribution is 2.33. The van der Waals surface area contributed by atoms with Crippen LogP contribution in [-0.2, 0) is 9.53 Å². The first-order valence-electron chi connectivity index (χ1n) is 5.84. The van der Waals surface area contributed by atoms with Crippen LogP contribution in [-0.4, -0.2) is 54.4 Å². The van der Waals surface area contributed by atoms with E-state index in [9.17, 15) is 9.90 Å². The number of quaternary nitrogens is 1. The van der Waals surface area contributed by atoms with Crippen LogP contribution >= 0.6 is 0 Å². The summed E-state index contributed by atoms with van der Waals surface area (Å²) in [5.41, 5.74) is 0. The second-order valence-corrected chi connectivity index (χ2v) is 4.84. The van der Waals surface area contributed by atoms with Crippen molar-refractivity contribution in [1.29, 1.82) is 0 Å². The minimum atomic E-state index is -0.207. The van der Waals surface area contributed by atoms with Gasteiger partial charge in [0.1, 0.15) is 12.6 Å². The largest absolute Gasteiger partial charge is 1.00 e. The van der Waals surface area contributed by atoms with Gasteiger partial charge in [-0.05, 0) is 6.92 Å².